The van der Waals surface area contributed by atoms with Gasteiger partial charge in [-0.3, -0.25) is 4.79 Å². The van der Waals surface area contributed by atoms with Crippen molar-refractivity contribution in [1.82, 2.24) is 19.8 Å². The van der Waals surface area contributed by atoms with Crippen LogP contribution in [0.2, 0.25) is 0 Å². The summed E-state index contributed by atoms with van der Waals surface area (Å²) in [5, 5.41) is 22.5. The maximum atomic E-state index is 11.3. The highest BCUT2D eigenvalue weighted by Crippen LogP contribution is 2.36. The highest BCUT2D eigenvalue weighted by atomic mass is 32.1. The molecule has 0 unspecified atom stereocenters. The number of aryl methyl sites for hydroxylation is 1. The third-order valence-corrected chi connectivity index (χ3v) is 4.26. The molecule has 0 saturated heterocycles. The summed E-state index contributed by atoms with van der Waals surface area (Å²) in [7, 11) is 0. The van der Waals surface area contributed by atoms with Gasteiger partial charge in [0.1, 0.15) is 5.01 Å². The SMILES string of the molecule is Cc1nnc2sc([C@@H]3CC=CC[C@@H]3C(=O)O)nn12. The largest absolute Gasteiger partial charge is 0.481 e. The molecule has 18 heavy (non-hydrogen) atoms. The van der Waals surface area contributed by atoms with E-state index in [4.69, 9.17) is 0 Å². The van der Waals surface area contributed by atoms with Gasteiger partial charge < -0.3 is 5.11 Å². The fourth-order valence-corrected chi connectivity index (χ4v) is 3.30. The van der Waals surface area contributed by atoms with E-state index in [0.29, 0.717) is 6.42 Å². The lowest BCUT2D eigenvalue weighted by Gasteiger charge is -2.22. The Morgan fingerprint density at radius 2 is 2.22 bits per heavy atom. The molecular formula is C11H12N4O2S. The van der Waals surface area contributed by atoms with Crippen LogP contribution in [0, 0.1) is 12.8 Å². The van der Waals surface area contributed by atoms with Gasteiger partial charge in [0, 0.05) is 5.92 Å². The molecule has 7 heteroatoms. The maximum Gasteiger partial charge on any atom is 0.307 e. The number of hydrogen-bond donors (Lipinski definition) is 1. The van der Waals surface area contributed by atoms with Gasteiger partial charge in [0.05, 0.1) is 5.92 Å². The van der Waals surface area contributed by atoms with E-state index in [-0.39, 0.29) is 11.8 Å². The summed E-state index contributed by atoms with van der Waals surface area (Å²) in [6.07, 6.45) is 5.25. The highest BCUT2D eigenvalue weighted by Gasteiger charge is 2.32. The summed E-state index contributed by atoms with van der Waals surface area (Å²) < 4.78 is 1.68. The number of nitrogens with zero attached hydrogens (tertiary/aromatic N) is 4. The van der Waals surface area contributed by atoms with Crippen LogP contribution in [0.1, 0.15) is 29.6 Å². The molecule has 0 spiro atoms. The van der Waals surface area contributed by atoms with Crippen LogP contribution < -0.4 is 0 Å². The molecule has 2 aromatic heterocycles. The molecule has 94 valence electrons. The molecule has 0 bridgehead atoms. The van der Waals surface area contributed by atoms with E-state index in [9.17, 15) is 9.90 Å². The number of carboxylic acid groups (broad SMARTS) is 1. The third kappa shape index (κ3) is 1.71. The van der Waals surface area contributed by atoms with Gasteiger partial charge in [0.15, 0.2) is 5.82 Å². The zero-order valence-electron chi connectivity index (χ0n) is 9.78. The Hall–Kier alpha value is -1.76. The van der Waals surface area contributed by atoms with E-state index in [1.54, 1.807) is 4.52 Å². The second-order valence-electron chi connectivity index (χ2n) is 4.38. The van der Waals surface area contributed by atoms with E-state index in [0.717, 1.165) is 22.2 Å². The minimum absolute atomic E-state index is 0.0569. The van der Waals surface area contributed by atoms with Crippen molar-refractivity contribution in [2.24, 2.45) is 5.92 Å². The Morgan fingerprint density at radius 1 is 1.44 bits per heavy atom. The molecule has 3 rings (SSSR count). The average Bonchev–Trinajstić information content (AvgIpc) is 2.92. The molecule has 6 nitrogen and oxygen atoms in total. The molecule has 0 radical (unpaired) electrons. The van der Waals surface area contributed by atoms with Crippen molar-refractivity contribution < 1.29 is 9.90 Å². The summed E-state index contributed by atoms with van der Waals surface area (Å²) in [6.45, 7) is 1.83. The molecule has 0 saturated carbocycles. The first kappa shape index (κ1) is 11.3. The van der Waals surface area contributed by atoms with E-state index in [1.165, 1.54) is 11.3 Å². The van der Waals surface area contributed by atoms with Crippen LogP contribution in [0.5, 0.6) is 0 Å². The van der Waals surface area contributed by atoms with Gasteiger partial charge in [0.2, 0.25) is 4.96 Å². The van der Waals surface area contributed by atoms with Gasteiger partial charge in [-0.25, -0.2) is 0 Å². The molecule has 0 aliphatic heterocycles. The smallest absolute Gasteiger partial charge is 0.307 e. The van der Waals surface area contributed by atoms with Crippen LogP contribution in [0.25, 0.3) is 4.96 Å². The van der Waals surface area contributed by atoms with Gasteiger partial charge in [-0.15, -0.1) is 10.2 Å². The van der Waals surface area contributed by atoms with Gasteiger partial charge in [0.25, 0.3) is 0 Å². The van der Waals surface area contributed by atoms with Crippen molar-refractivity contribution in [3.8, 4) is 0 Å². The van der Waals surface area contributed by atoms with E-state index in [2.05, 4.69) is 15.3 Å². The first-order valence-electron chi connectivity index (χ1n) is 5.73. The molecule has 1 aliphatic carbocycles. The number of aromatic nitrogens is 4. The molecule has 1 N–H and O–H groups in total. The monoisotopic (exact) mass is 264 g/mol. The number of rotatable bonds is 2. The van der Waals surface area contributed by atoms with E-state index >= 15 is 0 Å². The summed E-state index contributed by atoms with van der Waals surface area (Å²) in [4.78, 5) is 12.0. The van der Waals surface area contributed by atoms with E-state index < -0.39 is 5.97 Å². The zero-order chi connectivity index (χ0) is 12.7. The van der Waals surface area contributed by atoms with Crippen molar-refractivity contribution in [1.29, 1.82) is 0 Å². The standard InChI is InChI=1S/C11H12N4O2S/c1-6-12-13-11-15(6)14-9(18-11)7-4-2-3-5-8(7)10(16)17/h2-3,7-8H,4-5H2,1H3,(H,16,17)/t7-,8+/m1/s1. The Labute approximate surface area is 107 Å². The van der Waals surface area contributed by atoms with Gasteiger partial charge in [-0.1, -0.05) is 23.5 Å². The molecule has 2 atom stereocenters. The van der Waals surface area contributed by atoms with Crippen molar-refractivity contribution in [3.63, 3.8) is 0 Å². The number of allylic oxidation sites excluding steroid dienone is 2. The minimum atomic E-state index is -0.757. The Bertz CT molecular complexity index is 630. The van der Waals surface area contributed by atoms with Crippen molar-refractivity contribution in [3.05, 3.63) is 23.0 Å². The lowest BCUT2D eigenvalue weighted by atomic mass is 9.83. The molecule has 2 aromatic rings. The normalized spacial score (nSPS) is 23.6. The molecule has 2 heterocycles. The summed E-state index contributed by atoms with van der Waals surface area (Å²) >= 11 is 1.43. The van der Waals surface area contributed by atoms with Crippen LogP contribution in [-0.2, 0) is 4.79 Å². The topological polar surface area (TPSA) is 80.4 Å². The van der Waals surface area contributed by atoms with Crippen LogP contribution in [0.15, 0.2) is 12.2 Å². The van der Waals surface area contributed by atoms with Crippen LogP contribution in [0.4, 0.5) is 0 Å². The summed E-state index contributed by atoms with van der Waals surface area (Å²) in [6, 6.07) is 0. The predicted octanol–water partition coefficient (Wildman–Crippen LogP) is 1.63. The fourth-order valence-electron chi connectivity index (χ4n) is 2.24. The van der Waals surface area contributed by atoms with E-state index in [1.807, 2.05) is 19.1 Å². The van der Waals surface area contributed by atoms with Crippen LogP contribution >= 0.6 is 11.3 Å². The lowest BCUT2D eigenvalue weighted by Crippen LogP contribution is -2.23. The second-order valence-corrected chi connectivity index (χ2v) is 5.36. The maximum absolute atomic E-state index is 11.3. The lowest BCUT2D eigenvalue weighted by molar-refractivity contribution is -0.142. The van der Waals surface area contributed by atoms with Crippen LogP contribution in [0.3, 0.4) is 0 Å². The zero-order valence-corrected chi connectivity index (χ0v) is 10.6. The first-order chi connectivity index (χ1) is 8.66. The number of carboxylic acids is 1. The Balaban J connectivity index is 2.01. The molecule has 1 aliphatic rings. The second kappa shape index (κ2) is 4.16. The van der Waals surface area contributed by atoms with Crippen molar-refractivity contribution in [2.75, 3.05) is 0 Å². The Kier molecular flexibility index (Phi) is 2.62. The van der Waals surface area contributed by atoms with Gasteiger partial charge in [-0.2, -0.15) is 9.61 Å². The molecule has 0 aromatic carbocycles. The van der Waals surface area contributed by atoms with Crippen molar-refractivity contribution >= 4 is 22.3 Å². The fraction of sp³-hybridized carbons (Fsp3) is 0.455. The number of aliphatic carboxylic acids is 1. The molecular weight excluding hydrogens is 252 g/mol. The quantitative estimate of drug-likeness (QED) is 0.834. The summed E-state index contributed by atoms with van der Waals surface area (Å²) in [5.41, 5.74) is 0. The first-order valence-corrected chi connectivity index (χ1v) is 6.55. The number of carbonyl (C=O) groups is 1. The summed E-state index contributed by atoms with van der Waals surface area (Å²) in [5.74, 6) is -0.476. The highest BCUT2D eigenvalue weighted by molar-refractivity contribution is 7.16. The van der Waals surface area contributed by atoms with Crippen molar-refractivity contribution in [2.45, 2.75) is 25.7 Å². The van der Waals surface area contributed by atoms with Gasteiger partial charge in [-0.05, 0) is 19.8 Å². The number of hydrogen-bond acceptors (Lipinski definition) is 5. The number of fused-ring (bicyclic) bond motifs is 1. The predicted molar refractivity (Wildman–Crippen MR) is 65.6 cm³/mol. The average molecular weight is 264 g/mol. The Morgan fingerprint density at radius 3 is 2.94 bits per heavy atom. The van der Waals surface area contributed by atoms with Gasteiger partial charge >= 0.3 is 5.97 Å². The third-order valence-electron chi connectivity index (χ3n) is 3.23. The van der Waals surface area contributed by atoms with Crippen LogP contribution in [-0.4, -0.2) is 30.9 Å². The molecule has 0 fully saturated rings. The molecule has 0 amide bonds. The minimum Gasteiger partial charge on any atom is -0.481 e.